The van der Waals surface area contributed by atoms with Crippen LogP contribution in [0, 0.1) is 0 Å². The van der Waals surface area contributed by atoms with Crippen LogP contribution in [-0.2, 0) is 16.1 Å². The first kappa shape index (κ1) is 27.4. The number of aliphatic imine (C=N–C) groups is 1. The van der Waals surface area contributed by atoms with Crippen molar-refractivity contribution in [3.63, 3.8) is 0 Å². The van der Waals surface area contributed by atoms with E-state index in [4.69, 9.17) is 14.5 Å². The van der Waals surface area contributed by atoms with Gasteiger partial charge < -0.3 is 19.5 Å². The van der Waals surface area contributed by atoms with E-state index in [2.05, 4.69) is 18.2 Å². The second-order valence-electron chi connectivity index (χ2n) is 7.76. The van der Waals surface area contributed by atoms with E-state index in [0.717, 1.165) is 17.7 Å². The van der Waals surface area contributed by atoms with Gasteiger partial charge in [0.2, 0.25) is 0 Å². The van der Waals surface area contributed by atoms with E-state index >= 15 is 0 Å². The molecule has 0 spiro atoms. The second-order valence-corrected chi connectivity index (χ2v) is 7.76. The molecule has 2 aromatic carbocycles. The van der Waals surface area contributed by atoms with Crippen molar-refractivity contribution in [2.45, 2.75) is 59.9 Å². The van der Waals surface area contributed by atoms with E-state index < -0.39 is 6.29 Å². The predicted molar refractivity (Wildman–Crippen MR) is 137 cm³/mol. The summed E-state index contributed by atoms with van der Waals surface area (Å²) in [4.78, 5) is 19.6. The molecule has 184 valence electrons. The van der Waals surface area contributed by atoms with Crippen LogP contribution in [0.3, 0.4) is 0 Å². The lowest BCUT2D eigenvalue weighted by molar-refractivity contribution is -0.0452. The van der Waals surface area contributed by atoms with E-state index in [1.54, 1.807) is 4.90 Å². The van der Waals surface area contributed by atoms with E-state index in [9.17, 15) is 9.90 Å². The Kier molecular flexibility index (Phi) is 11.1. The summed E-state index contributed by atoms with van der Waals surface area (Å²) in [6, 6.07) is 17.8. The molecule has 0 aromatic heterocycles. The average molecular weight is 467 g/mol. The van der Waals surface area contributed by atoms with Gasteiger partial charge in [-0.2, -0.15) is 0 Å². The fraction of sp³-hybridized carbons (Fsp3) is 0.429. The first-order chi connectivity index (χ1) is 16.2. The third-order valence-electron chi connectivity index (χ3n) is 5.62. The smallest absolute Gasteiger partial charge is 0.256 e. The molecule has 34 heavy (non-hydrogen) atoms. The Balaban J connectivity index is 0.00000133. The molecule has 2 atom stereocenters. The molecule has 2 aliphatic heterocycles. The molecule has 0 fully saturated rings. The number of benzene rings is 2. The molecule has 2 aliphatic rings. The van der Waals surface area contributed by atoms with Crippen molar-refractivity contribution in [3.05, 3.63) is 83.1 Å². The number of fused-ring (bicyclic) bond motifs is 1. The Morgan fingerprint density at radius 1 is 1.15 bits per heavy atom. The summed E-state index contributed by atoms with van der Waals surface area (Å²) in [5.41, 5.74) is 4.06. The largest absolute Gasteiger partial charge is 0.363 e. The van der Waals surface area contributed by atoms with Crippen LogP contribution >= 0.6 is 0 Å². The number of rotatable bonds is 6. The third kappa shape index (κ3) is 6.86. The number of carbonyl (C=O) groups is 1. The van der Waals surface area contributed by atoms with Crippen LogP contribution in [0.4, 0.5) is 0 Å². The van der Waals surface area contributed by atoms with Crippen molar-refractivity contribution in [2.75, 3.05) is 19.9 Å². The summed E-state index contributed by atoms with van der Waals surface area (Å²) in [6.45, 7) is 7.14. The number of hydrogen-bond acceptors (Lipinski definition) is 5. The average Bonchev–Trinajstić information content (AvgIpc) is 3.16. The van der Waals surface area contributed by atoms with Crippen molar-refractivity contribution in [1.29, 1.82) is 0 Å². The van der Waals surface area contributed by atoms with Gasteiger partial charge in [0.25, 0.3) is 5.91 Å². The van der Waals surface area contributed by atoms with Crippen LogP contribution < -0.4 is 0 Å². The highest BCUT2D eigenvalue weighted by Gasteiger charge is 2.26. The highest BCUT2D eigenvalue weighted by Crippen LogP contribution is 2.29. The Bertz CT molecular complexity index is 971. The van der Waals surface area contributed by atoms with Crippen LogP contribution in [0.25, 0.3) is 0 Å². The van der Waals surface area contributed by atoms with Crippen molar-refractivity contribution in [2.24, 2.45) is 4.99 Å². The fourth-order valence-corrected chi connectivity index (χ4v) is 4.04. The lowest BCUT2D eigenvalue weighted by atomic mass is 9.93. The minimum atomic E-state index is -1.04. The van der Waals surface area contributed by atoms with Crippen molar-refractivity contribution in [1.82, 2.24) is 4.90 Å². The third-order valence-corrected chi connectivity index (χ3v) is 5.62. The fourth-order valence-electron chi connectivity index (χ4n) is 4.04. The summed E-state index contributed by atoms with van der Waals surface area (Å²) in [6.07, 6.45) is 2.49. The molecule has 4 rings (SSSR count). The lowest BCUT2D eigenvalue weighted by Crippen LogP contribution is -2.33. The molecule has 0 radical (unpaired) electrons. The molecule has 6 heteroatoms. The quantitative estimate of drug-likeness (QED) is 0.568. The lowest BCUT2D eigenvalue weighted by Gasteiger charge is -2.21. The van der Waals surface area contributed by atoms with Gasteiger partial charge in [0.1, 0.15) is 6.73 Å². The maximum absolute atomic E-state index is 13.2. The molecule has 2 unspecified atom stereocenters. The summed E-state index contributed by atoms with van der Waals surface area (Å²) < 4.78 is 11.2. The number of ether oxygens (including phenoxy) is 2. The zero-order valence-electron chi connectivity index (χ0n) is 19.7. The normalized spacial score (nSPS) is 18.6. The van der Waals surface area contributed by atoms with E-state index in [1.165, 1.54) is 5.56 Å². The summed E-state index contributed by atoms with van der Waals surface area (Å²) >= 11 is 0. The van der Waals surface area contributed by atoms with Crippen LogP contribution in [0.1, 0.15) is 68.4 Å². The van der Waals surface area contributed by atoms with Crippen LogP contribution in [0.2, 0.25) is 0 Å². The van der Waals surface area contributed by atoms with Gasteiger partial charge in [0, 0.05) is 18.1 Å². The molecule has 1 N–H and O–H groups in total. The van der Waals surface area contributed by atoms with Gasteiger partial charge >= 0.3 is 0 Å². The van der Waals surface area contributed by atoms with Gasteiger partial charge in [-0.1, -0.05) is 75.9 Å². The van der Waals surface area contributed by atoms with Gasteiger partial charge in [0.15, 0.2) is 6.29 Å². The Hall–Kier alpha value is -2.80. The van der Waals surface area contributed by atoms with Crippen molar-refractivity contribution in [3.8, 4) is 0 Å². The number of hydrogen-bond donors (Lipinski definition) is 1. The minimum absolute atomic E-state index is 0. The summed E-state index contributed by atoms with van der Waals surface area (Å²) in [5, 5.41) is 10.4. The van der Waals surface area contributed by atoms with Crippen molar-refractivity contribution >= 4 is 11.6 Å². The first-order valence-electron chi connectivity index (χ1n) is 11.7. The number of amides is 1. The molecule has 2 aromatic rings. The summed E-state index contributed by atoms with van der Waals surface area (Å²) in [5.74, 6) is 0.0678. The van der Waals surface area contributed by atoms with Gasteiger partial charge in [-0.15, -0.1) is 0 Å². The molecule has 6 nitrogen and oxygen atoms in total. The molecular weight excluding hydrogens is 428 g/mol. The van der Waals surface area contributed by atoms with Crippen LogP contribution in [-0.4, -0.2) is 47.8 Å². The van der Waals surface area contributed by atoms with E-state index in [0.29, 0.717) is 37.5 Å². The van der Waals surface area contributed by atoms with E-state index in [1.807, 2.05) is 63.2 Å². The zero-order valence-corrected chi connectivity index (χ0v) is 19.7. The number of aliphatic hydroxyl groups is 1. The number of nitrogens with zero attached hydrogens (tertiary/aromatic N) is 2. The van der Waals surface area contributed by atoms with Gasteiger partial charge in [-0.25, -0.2) is 0 Å². The first-order valence-corrected chi connectivity index (χ1v) is 11.7. The highest BCUT2D eigenvalue weighted by molar-refractivity contribution is 5.96. The summed E-state index contributed by atoms with van der Waals surface area (Å²) in [7, 11) is 0. The molecule has 0 saturated carbocycles. The van der Waals surface area contributed by atoms with Gasteiger partial charge in [0.05, 0.1) is 24.6 Å². The number of aliphatic hydroxyl groups excluding tert-OH is 1. The molecule has 0 aliphatic carbocycles. The molecule has 0 bridgehead atoms. The molecule has 2 heterocycles. The Morgan fingerprint density at radius 2 is 1.85 bits per heavy atom. The Morgan fingerprint density at radius 3 is 2.59 bits per heavy atom. The van der Waals surface area contributed by atoms with E-state index in [-0.39, 0.29) is 26.0 Å². The number of allylic oxidation sites excluding steroid dienone is 1. The van der Waals surface area contributed by atoms with Crippen LogP contribution in [0.5, 0.6) is 0 Å². The molecular formula is C28H38N2O4. The van der Waals surface area contributed by atoms with Gasteiger partial charge in [-0.05, 0) is 37.0 Å². The predicted octanol–water partition coefficient (Wildman–Crippen LogP) is 5.54. The SMILES string of the molecule is C.CC.CCOC(O)C1=NC(CN2COCc3ccccc3C2=O)=CC(c2ccccc2)CC1. The minimum Gasteiger partial charge on any atom is -0.363 e. The van der Waals surface area contributed by atoms with Crippen molar-refractivity contribution < 1.29 is 19.4 Å². The maximum Gasteiger partial charge on any atom is 0.256 e. The topological polar surface area (TPSA) is 71.4 Å². The monoisotopic (exact) mass is 466 g/mol. The van der Waals surface area contributed by atoms with Gasteiger partial charge in [-0.3, -0.25) is 9.79 Å². The van der Waals surface area contributed by atoms with Crippen LogP contribution in [0.15, 0.2) is 71.4 Å². The number of carbonyl (C=O) groups excluding carboxylic acids is 1. The molecule has 1 amide bonds. The maximum atomic E-state index is 13.2. The molecule has 0 saturated heterocycles. The standard InChI is InChI=1S/C25H28N2O4.C2H6.CH4/c1-2-31-25(29)23-13-12-19(18-8-4-3-5-9-18)14-21(26-23)15-27-17-30-16-20-10-6-7-11-22(20)24(27)28;1-2;/h3-11,14,19,25,29H,2,12-13,15-17H2,1H3;1-2H3;1H4. The highest BCUT2D eigenvalue weighted by atomic mass is 16.6. The Labute approximate surface area is 203 Å². The zero-order chi connectivity index (χ0) is 23.6. The second kappa shape index (κ2) is 13.8.